The fraction of sp³-hybridized carbons (Fsp3) is 0.667. The van der Waals surface area contributed by atoms with Crippen LogP contribution < -0.4 is 0 Å². The molecule has 1 atom stereocenters. The van der Waals surface area contributed by atoms with Crippen LogP contribution in [0.1, 0.15) is 53.0 Å². The molecule has 2 rings (SSSR count). The molecule has 0 saturated carbocycles. The fourth-order valence-corrected chi connectivity index (χ4v) is 3.69. The molecule has 116 valence electrons. The van der Waals surface area contributed by atoms with E-state index in [0.717, 1.165) is 23.5 Å². The number of methoxy groups -OCH3 is 1. The minimum atomic E-state index is -0.225. The number of nitrogens with zero attached hydrogens (tertiary/aromatic N) is 2. The van der Waals surface area contributed by atoms with Gasteiger partial charge in [-0.3, -0.25) is 9.59 Å². The second-order valence-electron chi connectivity index (χ2n) is 5.72. The van der Waals surface area contributed by atoms with Crippen LogP contribution in [0.3, 0.4) is 0 Å². The van der Waals surface area contributed by atoms with Crippen LogP contribution >= 0.6 is 11.3 Å². The van der Waals surface area contributed by atoms with Crippen molar-refractivity contribution in [1.29, 1.82) is 0 Å². The lowest BCUT2D eigenvalue weighted by molar-refractivity contribution is -0.146. The third kappa shape index (κ3) is 3.43. The molecule has 21 heavy (non-hydrogen) atoms. The zero-order chi connectivity index (χ0) is 15.6. The number of aromatic nitrogens is 1. The molecule has 0 radical (unpaired) electrons. The highest BCUT2D eigenvalue weighted by Gasteiger charge is 2.31. The van der Waals surface area contributed by atoms with Gasteiger partial charge in [0.05, 0.1) is 23.7 Å². The molecule has 0 spiro atoms. The van der Waals surface area contributed by atoms with Crippen LogP contribution in [0.15, 0.2) is 0 Å². The van der Waals surface area contributed by atoms with E-state index in [9.17, 15) is 9.59 Å². The first kappa shape index (κ1) is 15.9. The highest BCUT2D eigenvalue weighted by molar-refractivity contribution is 7.13. The van der Waals surface area contributed by atoms with E-state index in [1.807, 2.05) is 20.8 Å². The summed E-state index contributed by atoms with van der Waals surface area (Å²) in [4.78, 5) is 31.4. The Morgan fingerprint density at radius 1 is 1.43 bits per heavy atom. The van der Waals surface area contributed by atoms with Crippen molar-refractivity contribution in [2.75, 3.05) is 20.2 Å². The van der Waals surface area contributed by atoms with Crippen molar-refractivity contribution in [3.63, 3.8) is 0 Å². The average molecular weight is 310 g/mol. The number of piperidine rings is 1. The third-order valence-corrected chi connectivity index (χ3v) is 4.72. The van der Waals surface area contributed by atoms with Crippen molar-refractivity contribution in [3.8, 4) is 0 Å². The second kappa shape index (κ2) is 6.56. The highest BCUT2D eigenvalue weighted by atomic mass is 32.1. The minimum absolute atomic E-state index is 0.00194. The van der Waals surface area contributed by atoms with E-state index in [2.05, 4.69) is 4.98 Å². The summed E-state index contributed by atoms with van der Waals surface area (Å²) in [5.74, 6) is -0.214. The van der Waals surface area contributed by atoms with E-state index in [0.29, 0.717) is 18.0 Å². The Morgan fingerprint density at radius 3 is 2.76 bits per heavy atom. The van der Waals surface area contributed by atoms with Gasteiger partial charge in [0.25, 0.3) is 5.91 Å². The number of amides is 1. The van der Waals surface area contributed by atoms with Gasteiger partial charge < -0.3 is 9.64 Å². The molecular formula is C15H22N2O3S. The number of thiazole rings is 1. The van der Waals surface area contributed by atoms with Crippen LogP contribution in [0.25, 0.3) is 0 Å². The Labute approximate surface area is 129 Å². The van der Waals surface area contributed by atoms with Gasteiger partial charge in [-0.2, -0.15) is 0 Å². The number of hydrogen-bond donors (Lipinski definition) is 0. The summed E-state index contributed by atoms with van der Waals surface area (Å²) in [6.07, 6.45) is 1.62. The van der Waals surface area contributed by atoms with Crippen LogP contribution in [0, 0.1) is 12.8 Å². The molecule has 1 aliphatic heterocycles. The van der Waals surface area contributed by atoms with Gasteiger partial charge in [0.2, 0.25) is 0 Å². The van der Waals surface area contributed by atoms with Crippen molar-refractivity contribution >= 4 is 23.2 Å². The number of carbonyl (C=O) groups is 2. The Kier molecular flexibility index (Phi) is 4.98. The summed E-state index contributed by atoms with van der Waals surface area (Å²) in [5.41, 5.74) is 0.864. The number of ether oxygens (including phenoxy) is 1. The molecule has 1 fully saturated rings. The first-order valence-electron chi connectivity index (χ1n) is 7.28. The van der Waals surface area contributed by atoms with Crippen molar-refractivity contribution in [1.82, 2.24) is 9.88 Å². The summed E-state index contributed by atoms with van der Waals surface area (Å²) in [7, 11) is 1.40. The monoisotopic (exact) mass is 310 g/mol. The molecule has 0 aromatic carbocycles. The molecule has 0 aliphatic carbocycles. The number of hydrogen-bond acceptors (Lipinski definition) is 5. The maximum atomic E-state index is 12.7. The van der Waals surface area contributed by atoms with E-state index < -0.39 is 0 Å². The first-order valence-corrected chi connectivity index (χ1v) is 8.10. The molecule has 2 heterocycles. The van der Waals surface area contributed by atoms with Gasteiger partial charge >= 0.3 is 5.97 Å². The lowest BCUT2D eigenvalue weighted by atomic mass is 9.98. The molecule has 6 heteroatoms. The van der Waals surface area contributed by atoms with Gasteiger partial charge in [0, 0.05) is 13.1 Å². The average Bonchev–Trinajstić information content (AvgIpc) is 2.88. The third-order valence-electron chi connectivity index (χ3n) is 3.74. The van der Waals surface area contributed by atoms with Gasteiger partial charge in [-0.1, -0.05) is 13.8 Å². The quantitative estimate of drug-likeness (QED) is 0.805. The molecule has 1 aromatic heterocycles. The van der Waals surface area contributed by atoms with E-state index in [-0.39, 0.29) is 23.7 Å². The van der Waals surface area contributed by atoms with Gasteiger partial charge in [0.15, 0.2) is 0 Å². The topological polar surface area (TPSA) is 59.5 Å². The number of carbonyl (C=O) groups excluding carboxylic acids is 2. The predicted molar refractivity (Wildman–Crippen MR) is 81.6 cm³/mol. The van der Waals surface area contributed by atoms with Crippen molar-refractivity contribution in [3.05, 3.63) is 15.6 Å². The molecule has 0 bridgehead atoms. The molecular weight excluding hydrogens is 288 g/mol. The fourth-order valence-electron chi connectivity index (χ4n) is 2.65. The Hall–Kier alpha value is -1.43. The molecule has 5 nitrogen and oxygen atoms in total. The Morgan fingerprint density at radius 2 is 2.14 bits per heavy atom. The number of aryl methyl sites for hydroxylation is 1. The van der Waals surface area contributed by atoms with Crippen molar-refractivity contribution in [2.24, 2.45) is 5.92 Å². The lowest BCUT2D eigenvalue weighted by Crippen LogP contribution is -2.42. The largest absolute Gasteiger partial charge is 0.469 e. The van der Waals surface area contributed by atoms with Crippen LogP contribution in [-0.2, 0) is 9.53 Å². The SMILES string of the molecule is COC(=O)C1CCCN(C(=O)c2sc(C)nc2C(C)C)C1. The highest BCUT2D eigenvalue weighted by Crippen LogP contribution is 2.28. The number of likely N-dealkylation sites (tertiary alicyclic amines) is 1. The molecule has 1 amide bonds. The lowest BCUT2D eigenvalue weighted by Gasteiger charge is -2.31. The van der Waals surface area contributed by atoms with Gasteiger partial charge in [0.1, 0.15) is 4.88 Å². The summed E-state index contributed by atoms with van der Waals surface area (Å²) in [6, 6.07) is 0. The van der Waals surface area contributed by atoms with Crippen LogP contribution in [0.5, 0.6) is 0 Å². The zero-order valence-electron chi connectivity index (χ0n) is 13.0. The minimum Gasteiger partial charge on any atom is -0.469 e. The number of rotatable bonds is 3. The van der Waals surface area contributed by atoms with E-state index in [4.69, 9.17) is 4.74 Å². The maximum absolute atomic E-state index is 12.7. The van der Waals surface area contributed by atoms with E-state index in [1.165, 1.54) is 18.4 Å². The Balaban J connectivity index is 2.18. The molecule has 1 aliphatic rings. The smallest absolute Gasteiger partial charge is 0.310 e. The molecule has 1 unspecified atom stereocenters. The van der Waals surface area contributed by atoms with Crippen molar-refractivity contribution in [2.45, 2.75) is 39.5 Å². The van der Waals surface area contributed by atoms with Crippen molar-refractivity contribution < 1.29 is 14.3 Å². The maximum Gasteiger partial charge on any atom is 0.310 e. The zero-order valence-corrected chi connectivity index (χ0v) is 13.8. The summed E-state index contributed by atoms with van der Waals surface area (Å²) in [6.45, 7) is 7.14. The first-order chi connectivity index (χ1) is 9.93. The molecule has 1 saturated heterocycles. The Bertz CT molecular complexity index is 539. The van der Waals surface area contributed by atoms with Gasteiger partial charge in [-0.15, -0.1) is 11.3 Å². The summed E-state index contributed by atoms with van der Waals surface area (Å²) in [5, 5.41) is 0.906. The van der Waals surface area contributed by atoms with Crippen LogP contribution in [-0.4, -0.2) is 42.0 Å². The predicted octanol–water partition coefficient (Wildman–Crippen LogP) is 2.60. The normalized spacial score (nSPS) is 18.9. The molecule has 0 N–H and O–H groups in total. The van der Waals surface area contributed by atoms with Gasteiger partial charge in [-0.25, -0.2) is 4.98 Å². The second-order valence-corrected chi connectivity index (χ2v) is 6.92. The van der Waals surface area contributed by atoms with Gasteiger partial charge in [-0.05, 0) is 25.7 Å². The summed E-state index contributed by atoms with van der Waals surface area (Å²) >= 11 is 1.44. The van der Waals surface area contributed by atoms with E-state index in [1.54, 1.807) is 4.90 Å². The van der Waals surface area contributed by atoms with Crippen LogP contribution in [0.2, 0.25) is 0 Å². The standard InChI is InChI=1S/C15H22N2O3S/c1-9(2)12-13(21-10(3)16-12)14(18)17-7-5-6-11(8-17)15(19)20-4/h9,11H,5-8H2,1-4H3. The van der Waals surface area contributed by atoms with E-state index >= 15 is 0 Å². The molecule has 1 aromatic rings. The van der Waals surface area contributed by atoms with Crippen LogP contribution in [0.4, 0.5) is 0 Å². The number of esters is 1. The summed E-state index contributed by atoms with van der Waals surface area (Å²) < 4.78 is 4.80.